The van der Waals surface area contributed by atoms with E-state index < -0.39 is 62.3 Å². The summed E-state index contributed by atoms with van der Waals surface area (Å²) in [5, 5.41) is 23.8. The minimum Gasteiger partial charge on any atom is -0.809 e. The van der Waals surface area contributed by atoms with E-state index in [4.69, 9.17) is 15.3 Å². The fourth-order valence-corrected chi connectivity index (χ4v) is 4.68. The molecule has 0 aliphatic heterocycles. The molecule has 0 rings (SSSR count). The summed E-state index contributed by atoms with van der Waals surface area (Å²) < 4.78 is 57.8. The predicted molar refractivity (Wildman–Crippen MR) is 63.7 cm³/mol. The number of hydrogen-bond donors (Lipinski definition) is 3. The molecular formula is C3H6Fe4O21P6. The van der Waals surface area contributed by atoms with Gasteiger partial charge in [0.25, 0.3) is 0 Å². The van der Waals surface area contributed by atoms with Crippen LogP contribution >= 0.6 is 45.6 Å². The van der Waals surface area contributed by atoms with Gasteiger partial charge in [-0.3, -0.25) is 0 Å². The van der Waals surface area contributed by atoms with Crippen molar-refractivity contribution in [3.8, 4) is 0 Å². The molecule has 21 nitrogen and oxygen atoms in total. The molecule has 206 valence electrons. The quantitative estimate of drug-likeness (QED) is 0.166. The molecule has 0 heterocycles. The van der Waals surface area contributed by atoms with Crippen molar-refractivity contribution in [2.45, 2.75) is 16.8 Å². The molecule has 0 atom stereocenters. The number of hydrogen-bond acceptors (Lipinski definition) is 21. The second-order valence-electron chi connectivity index (χ2n) is 4.28. The zero-order valence-corrected chi connectivity index (χ0v) is 24.3. The molecule has 31 heteroatoms. The van der Waals surface area contributed by atoms with Crippen LogP contribution in [0.25, 0.3) is 0 Å². The van der Waals surface area contributed by atoms with Crippen LogP contribution in [0.1, 0.15) is 0 Å². The molecule has 0 aromatic carbocycles. The van der Waals surface area contributed by atoms with Crippen molar-refractivity contribution in [1.29, 1.82) is 0 Å². The summed E-state index contributed by atoms with van der Waals surface area (Å²) in [6, 6.07) is 0. The van der Waals surface area contributed by atoms with E-state index in [1.165, 1.54) is 0 Å². The van der Waals surface area contributed by atoms with Crippen LogP contribution in [0.3, 0.4) is 0 Å². The van der Waals surface area contributed by atoms with Crippen LogP contribution in [0.5, 0.6) is 0 Å². The van der Waals surface area contributed by atoms with Crippen LogP contribution in [0.15, 0.2) is 0 Å². The summed E-state index contributed by atoms with van der Waals surface area (Å²) in [5.74, 6) is 0. The minimum absolute atomic E-state index is 0. The maximum atomic E-state index is 9.63. The third-order valence-electron chi connectivity index (χ3n) is 1.70. The zero-order valence-electron chi connectivity index (χ0n) is 14.5. The van der Waals surface area contributed by atoms with Crippen molar-refractivity contribution < 1.29 is 170 Å². The van der Waals surface area contributed by atoms with Crippen LogP contribution < -0.4 is 58.7 Å². The van der Waals surface area contributed by atoms with Gasteiger partial charge >= 0.3 is 68.3 Å². The van der Waals surface area contributed by atoms with Crippen molar-refractivity contribution in [2.24, 2.45) is 0 Å². The van der Waals surface area contributed by atoms with Crippen molar-refractivity contribution in [3.63, 3.8) is 0 Å². The summed E-state index contributed by atoms with van der Waals surface area (Å²) in [4.78, 5) is 116. The van der Waals surface area contributed by atoms with Crippen molar-refractivity contribution in [2.75, 3.05) is 0 Å². The fourth-order valence-electron chi connectivity index (χ4n) is 0.520. The number of aliphatic hydroxyl groups is 3. The number of rotatable bonds is 6. The second-order valence-corrected chi connectivity index (χ2v) is 14.9. The maximum absolute atomic E-state index is 9.63. The average Bonchev–Trinajstić information content (AvgIpc) is 2.40. The molecule has 0 fully saturated rings. The molecule has 3 N–H and O–H groups in total. The summed E-state index contributed by atoms with van der Waals surface area (Å²) in [6.45, 7) is 0. The third kappa shape index (κ3) is 26.5. The van der Waals surface area contributed by atoms with E-state index in [2.05, 4.69) is 0 Å². The SMILES string of the molecule is O=P([O-])([O-])C(O)P(=O)([O-])[O-].O=P([O-])([O-])C(O)P(=O)([O-])[O-].O=P([O-])([O-])C(O)P(=O)([O-])[O-].[Fe+3].[Fe+3].[Fe+3].[Fe+3]. The summed E-state index contributed by atoms with van der Waals surface area (Å²) >= 11 is 0. The van der Waals surface area contributed by atoms with E-state index in [0.29, 0.717) is 0 Å². The Bertz CT molecular complexity index is 648. The van der Waals surface area contributed by atoms with Gasteiger partial charge < -0.3 is 101 Å². The van der Waals surface area contributed by atoms with Gasteiger partial charge in [-0.1, -0.05) is 0 Å². The van der Waals surface area contributed by atoms with Crippen LogP contribution in [0, 0.1) is 0 Å². The van der Waals surface area contributed by atoms with Crippen molar-refractivity contribution >= 4 is 45.6 Å². The predicted octanol–water partition coefficient (Wildman–Crippen LogP) is -11.7. The zero-order chi connectivity index (χ0) is 25.7. The molecule has 0 aliphatic carbocycles. The van der Waals surface area contributed by atoms with Gasteiger partial charge in [0.1, 0.15) is 16.8 Å². The van der Waals surface area contributed by atoms with Gasteiger partial charge in [-0.25, -0.2) is 0 Å². The van der Waals surface area contributed by atoms with E-state index in [9.17, 15) is 86.1 Å². The van der Waals surface area contributed by atoms with Crippen LogP contribution in [-0.2, 0) is 95.7 Å². The molecule has 0 saturated heterocycles. The first-order valence-corrected chi connectivity index (χ1v) is 15.3. The molecular weight excluding hydrogens is 781 g/mol. The Morgan fingerprint density at radius 3 is 0.382 bits per heavy atom. The van der Waals surface area contributed by atoms with Gasteiger partial charge in [0, 0.05) is 0 Å². The Hall–Kier alpha value is 2.86. The number of aliphatic hydroxyl groups excluding tert-OH is 3. The maximum Gasteiger partial charge on any atom is 3.00 e. The molecule has 0 unspecified atom stereocenters. The second kappa shape index (κ2) is 19.0. The molecule has 0 bridgehead atoms. The molecule has 0 saturated carbocycles. The Morgan fingerprint density at radius 1 is 0.324 bits per heavy atom. The van der Waals surface area contributed by atoms with Gasteiger partial charge in [0.15, 0.2) is 0 Å². The van der Waals surface area contributed by atoms with Crippen LogP contribution in [0.2, 0.25) is 0 Å². The van der Waals surface area contributed by atoms with Crippen molar-refractivity contribution in [3.05, 3.63) is 0 Å². The molecule has 0 aromatic heterocycles. The monoisotopic (exact) mass is 788 g/mol. The summed E-state index contributed by atoms with van der Waals surface area (Å²) in [6.07, 6.45) is 0. The third-order valence-corrected chi connectivity index (χ3v) is 10.2. The van der Waals surface area contributed by atoms with Crippen LogP contribution in [0.4, 0.5) is 0 Å². The minimum atomic E-state index is -5.71. The van der Waals surface area contributed by atoms with E-state index in [1.807, 2.05) is 0 Å². The molecule has 0 aliphatic rings. The summed E-state index contributed by atoms with van der Waals surface area (Å²) in [7, 11) is -34.3. The van der Waals surface area contributed by atoms with E-state index >= 15 is 0 Å². The largest absolute Gasteiger partial charge is 3.00 e. The molecule has 0 amide bonds. The van der Waals surface area contributed by atoms with Gasteiger partial charge in [-0.15, -0.1) is 0 Å². The van der Waals surface area contributed by atoms with E-state index in [-0.39, 0.29) is 68.3 Å². The van der Waals surface area contributed by atoms with E-state index in [0.717, 1.165) is 0 Å². The topological polar surface area (TPSA) is 440 Å². The molecule has 0 aromatic rings. The van der Waals surface area contributed by atoms with Crippen molar-refractivity contribution in [1.82, 2.24) is 0 Å². The summed E-state index contributed by atoms with van der Waals surface area (Å²) in [5.41, 5.74) is -10.0. The standard InChI is InChI=1S/3CH6O7P2.4Fe/c3*2-1(9(3,4)5)10(6,7)8;;;;/h3*1-2H,(H2,3,4,5)(H2,6,7,8);;;;/q;;;4*+3/p-12. The van der Waals surface area contributed by atoms with Gasteiger partial charge in [0.05, 0.1) is 0 Å². The molecule has 34 heavy (non-hydrogen) atoms. The molecule has 4 radical (unpaired) electrons. The Kier molecular flexibility index (Phi) is 29.7. The Balaban J connectivity index is -0.0000000607. The first-order chi connectivity index (χ1) is 12.5. The normalized spacial score (nSPS) is 12.5. The smallest absolute Gasteiger partial charge is 0.809 e. The van der Waals surface area contributed by atoms with E-state index in [1.54, 1.807) is 0 Å². The first-order valence-electron chi connectivity index (χ1n) is 5.61. The van der Waals surface area contributed by atoms with Crippen LogP contribution in [-0.4, -0.2) is 32.1 Å². The first kappa shape index (κ1) is 53.2. The average molecular weight is 787 g/mol. The van der Waals surface area contributed by atoms with Gasteiger partial charge in [-0.05, 0) is 45.6 Å². The molecule has 0 spiro atoms. The Labute approximate surface area is 231 Å². The van der Waals surface area contributed by atoms with Gasteiger partial charge in [0.2, 0.25) is 0 Å². The Morgan fingerprint density at radius 2 is 0.382 bits per heavy atom. The fraction of sp³-hybridized carbons (Fsp3) is 1.00. The van der Waals surface area contributed by atoms with Gasteiger partial charge in [-0.2, -0.15) is 0 Å².